The first-order valence-corrected chi connectivity index (χ1v) is 5.35. The Morgan fingerprint density at radius 1 is 1.00 bits per heavy atom. The fraction of sp³-hybridized carbons (Fsp3) is 1.00. The van der Waals surface area contributed by atoms with E-state index in [9.17, 15) is 0 Å². The minimum atomic E-state index is 0.787. The lowest BCUT2D eigenvalue weighted by Gasteiger charge is -2.14. The maximum atomic E-state index is 2.26. The summed E-state index contributed by atoms with van der Waals surface area (Å²) in [6.07, 6.45) is 4.34. The minimum absolute atomic E-state index is 0.787. The van der Waals surface area contributed by atoms with Crippen molar-refractivity contribution in [2.75, 3.05) is 12.5 Å². The fourth-order valence-corrected chi connectivity index (χ4v) is 2.50. The van der Waals surface area contributed by atoms with Crippen LogP contribution in [0.5, 0.6) is 0 Å². The van der Waals surface area contributed by atoms with Gasteiger partial charge in [-0.3, -0.25) is 0 Å². The second-order valence-corrected chi connectivity index (χ2v) is 4.34. The van der Waals surface area contributed by atoms with Crippen molar-refractivity contribution in [2.45, 2.75) is 18.4 Å². The third-order valence-electron chi connectivity index (χ3n) is 1.01. The van der Waals surface area contributed by atoms with E-state index >= 15 is 0 Å². The molecule has 0 saturated carbocycles. The summed E-state index contributed by atoms with van der Waals surface area (Å²) in [6, 6.07) is 0. The van der Waals surface area contributed by atoms with Crippen molar-refractivity contribution in [3.63, 3.8) is 0 Å². The van der Waals surface area contributed by atoms with Gasteiger partial charge < -0.3 is 0 Å². The molecule has 0 aromatic carbocycles. The fourth-order valence-electron chi connectivity index (χ4n) is 0.641. The van der Waals surface area contributed by atoms with Crippen molar-refractivity contribution in [3.05, 3.63) is 0 Å². The van der Waals surface area contributed by atoms with Crippen LogP contribution < -0.4 is 0 Å². The molecule has 0 fully saturated rings. The molecule has 0 nitrogen and oxygen atoms in total. The molecule has 8 heavy (non-hydrogen) atoms. The molecular weight excluding hydrogens is 136 g/mol. The van der Waals surface area contributed by atoms with Crippen molar-refractivity contribution >= 4 is 23.5 Å². The number of hydrogen-bond acceptors (Lipinski definition) is 2. The molecule has 0 spiro atoms. The smallest absolute Gasteiger partial charge is 0.0519 e. The number of rotatable bonds is 3. The van der Waals surface area contributed by atoms with Crippen molar-refractivity contribution in [1.82, 2.24) is 0 Å². The highest BCUT2D eigenvalue weighted by atomic mass is 32.2. The van der Waals surface area contributed by atoms with Gasteiger partial charge in [0, 0.05) is 0 Å². The highest BCUT2D eigenvalue weighted by molar-refractivity contribution is 8.16. The maximum Gasteiger partial charge on any atom is 0.0519 e. The Bertz CT molecular complexity index is 48.5. The molecule has 0 aromatic heterocycles. The van der Waals surface area contributed by atoms with Crippen LogP contribution in [0.4, 0.5) is 0 Å². The van der Waals surface area contributed by atoms with Gasteiger partial charge in [-0.25, -0.2) is 0 Å². The van der Waals surface area contributed by atoms with Gasteiger partial charge in [0.05, 0.1) is 4.58 Å². The Morgan fingerprint density at radius 3 is 1.38 bits per heavy atom. The summed E-state index contributed by atoms with van der Waals surface area (Å²) in [4.78, 5) is 0. The standard InChI is InChI=1S/C6H14S2/c1-5(2)6(7-3)8-4/h5-6H,1-4H3. The summed E-state index contributed by atoms with van der Waals surface area (Å²) in [5, 5.41) is 0. The van der Waals surface area contributed by atoms with E-state index in [2.05, 4.69) is 26.4 Å². The molecule has 0 amide bonds. The van der Waals surface area contributed by atoms with Gasteiger partial charge in [0.15, 0.2) is 0 Å². The van der Waals surface area contributed by atoms with Crippen LogP contribution in [-0.2, 0) is 0 Å². The monoisotopic (exact) mass is 150 g/mol. The van der Waals surface area contributed by atoms with Crippen LogP contribution in [0.2, 0.25) is 0 Å². The third-order valence-corrected chi connectivity index (χ3v) is 4.18. The van der Waals surface area contributed by atoms with E-state index < -0.39 is 0 Å². The largest absolute Gasteiger partial charge is 0.151 e. The highest BCUT2D eigenvalue weighted by Gasteiger charge is 2.07. The molecule has 0 aromatic rings. The minimum Gasteiger partial charge on any atom is -0.151 e. The van der Waals surface area contributed by atoms with Crippen LogP contribution in [0.25, 0.3) is 0 Å². The van der Waals surface area contributed by atoms with Crippen LogP contribution in [-0.4, -0.2) is 17.1 Å². The van der Waals surface area contributed by atoms with Crippen LogP contribution in [0.1, 0.15) is 13.8 Å². The molecule has 0 radical (unpaired) electrons. The molecule has 0 unspecified atom stereocenters. The summed E-state index contributed by atoms with van der Waals surface area (Å²) in [6.45, 7) is 4.52. The molecule has 0 aliphatic heterocycles. The topological polar surface area (TPSA) is 0 Å². The molecule has 0 saturated heterocycles. The molecule has 0 atom stereocenters. The Kier molecular flexibility index (Phi) is 4.97. The first-order chi connectivity index (χ1) is 3.72. The molecule has 0 heterocycles. The first-order valence-electron chi connectivity index (χ1n) is 2.78. The zero-order chi connectivity index (χ0) is 6.57. The van der Waals surface area contributed by atoms with E-state index in [-0.39, 0.29) is 0 Å². The average molecular weight is 150 g/mol. The van der Waals surface area contributed by atoms with Gasteiger partial charge in [-0.2, -0.15) is 23.5 Å². The Morgan fingerprint density at radius 2 is 1.38 bits per heavy atom. The van der Waals surface area contributed by atoms with Crippen LogP contribution in [0.15, 0.2) is 0 Å². The predicted octanol–water partition coefficient (Wildman–Crippen LogP) is 2.69. The van der Waals surface area contributed by atoms with Gasteiger partial charge in [-0.05, 0) is 18.4 Å². The van der Waals surface area contributed by atoms with Crippen molar-refractivity contribution < 1.29 is 0 Å². The summed E-state index contributed by atoms with van der Waals surface area (Å²) in [7, 11) is 0. The molecule has 50 valence electrons. The molecular formula is C6H14S2. The summed E-state index contributed by atoms with van der Waals surface area (Å²) >= 11 is 3.88. The van der Waals surface area contributed by atoms with Crippen molar-refractivity contribution in [3.8, 4) is 0 Å². The lowest BCUT2D eigenvalue weighted by atomic mass is 10.3. The Hall–Kier alpha value is 0.700. The SMILES string of the molecule is CSC(SC)C(C)C. The van der Waals surface area contributed by atoms with Gasteiger partial charge >= 0.3 is 0 Å². The summed E-state index contributed by atoms with van der Waals surface area (Å²) in [5.74, 6) is 0.806. The van der Waals surface area contributed by atoms with E-state index in [1.165, 1.54) is 0 Å². The van der Waals surface area contributed by atoms with Gasteiger partial charge in [0.2, 0.25) is 0 Å². The van der Waals surface area contributed by atoms with Crippen LogP contribution in [0.3, 0.4) is 0 Å². The zero-order valence-corrected chi connectivity index (χ0v) is 7.60. The second-order valence-electron chi connectivity index (χ2n) is 2.08. The number of hydrogen-bond donors (Lipinski definition) is 0. The third kappa shape index (κ3) is 2.88. The molecule has 0 aliphatic rings. The molecule has 0 N–H and O–H groups in total. The predicted molar refractivity (Wildman–Crippen MR) is 45.7 cm³/mol. The van der Waals surface area contributed by atoms with Crippen LogP contribution in [0, 0.1) is 5.92 Å². The van der Waals surface area contributed by atoms with Crippen LogP contribution >= 0.6 is 23.5 Å². The van der Waals surface area contributed by atoms with Gasteiger partial charge in [-0.15, -0.1) is 0 Å². The maximum absolute atomic E-state index is 2.26. The number of thioether (sulfide) groups is 2. The summed E-state index contributed by atoms with van der Waals surface area (Å²) < 4.78 is 0.787. The van der Waals surface area contributed by atoms with Gasteiger partial charge in [0.1, 0.15) is 0 Å². The van der Waals surface area contributed by atoms with Gasteiger partial charge in [0.25, 0.3) is 0 Å². The van der Waals surface area contributed by atoms with E-state index in [0.29, 0.717) is 0 Å². The quantitative estimate of drug-likeness (QED) is 0.567. The molecule has 0 aliphatic carbocycles. The normalized spacial score (nSPS) is 11.2. The van der Waals surface area contributed by atoms with E-state index in [0.717, 1.165) is 10.5 Å². The lowest BCUT2D eigenvalue weighted by Crippen LogP contribution is -2.03. The second kappa shape index (κ2) is 4.57. The Labute approximate surface area is 60.8 Å². The van der Waals surface area contributed by atoms with E-state index in [4.69, 9.17) is 0 Å². The highest BCUT2D eigenvalue weighted by Crippen LogP contribution is 2.25. The first kappa shape index (κ1) is 8.70. The lowest BCUT2D eigenvalue weighted by molar-refractivity contribution is 0.722. The Balaban J connectivity index is 3.35. The van der Waals surface area contributed by atoms with E-state index in [1.54, 1.807) is 0 Å². The zero-order valence-electron chi connectivity index (χ0n) is 5.97. The molecule has 0 rings (SSSR count). The average Bonchev–Trinajstić information content (AvgIpc) is 1.69. The van der Waals surface area contributed by atoms with E-state index in [1.807, 2.05) is 23.5 Å². The molecule has 2 heteroatoms. The van der Waals surface area contributed by atoms with Crippen molar-refractivity contribution in [1.29, 1.82) is 0 Å². The van der Waals surface area contributed by atoms with Crippen molar-refractivity contribution in [2.24, 2.45) is 5.92 Å². The summed E-state index contributed by atoms with van der Waals surface area (Å²) in [5.41, 5.74) is 0. The van der Waals surface area contributed by atoms with Gasteiger partial charge in [-0.1, -0.05) is 13.8 Å². The molecule has 0 bridgehead atoms.